The number of likely N-dealkylation sites (tertiary alicyclic amines) is 1. The van der Waals surface area contributed by atoms with Crippen molar-refractivity contribution >= 4 is 23.3 Å². The fourth-order valence-electron chi connectivity index (χ4n) is 2.97. The van der Waals surface area contributed by atoms with Crippen LogP contribution in [0.15, 0.2) is 47.0 Å². The van der Waals surface area contributed by atoms with E-state index in [1.807, 2.05) is 44.2 Å². The van der Waals surface area contributed by atoms with Crippen LogP contribution in [0.3, 0.4) is 0 Å². The van der Waals surface area contributed by atoms with Crippen LogP contribution in [0.25, 0.3) is 11.4 Å². The minimum Gasteiger partial charge on any atom is -0.339 e. The van der Waals surface area contributed by atoms with E-state index in [0.29, 0.717) is 29.8 Å². The number of urea groups is 1. The highest BCUT2D eigenvalue weighted by Gasteiger charge is 2.35. The Morgan fingerprint density at radius 2 is 2.00 bits per heavy atom. The molecule has 1 saturated heterocycles. The number of carbonyl (C=O) groups is 1. The van der Waals surface area contributed by atoms with E-state index >= 15 is 0 Å². The van der Waals surface area contributed by atoms with Crippen molar-refractivity contribution in [3.63, 3.8) is 0 Å². The predicted molar refractivity (Wildman–Crippen MR) is 104 cm³/mol. The van der Waals surface area contributed by atoms with Crippen LogP contribution >= 0.6 is 11.6 Å². The monoisotopic (exact) mass is 382 g/mol. The summed E-state index contributed by atoms with van der Waals surface area (Å²) in [7, 11) is 0. The highest BCUT2D eigenvalue weighted by Crippen LogP contribution is 2.29. The Kier molecular flexibility index (Phi) is 4.58. The minimum atomic E-state index is -0.121. The molecule has 7 heteroatoms. The number of carbonyl (C=O) groups excluding carboxylic acids is 1. The van der Waals surface area contributed by atoms with E-state index in [9.17, 15) is 4.79 Å². The van der Waals surface area contributed by atoms with Crippen molar-refractivity contribution in [1.29, 1.82) is 0 Å². The van der Waals surface area contributed by atoms with Gasteiger partial charge in [0.15, 0.2) is 0 Å². The molecule has 4 rings (SSSR count). The summed E-state index contributed by atoms with van der Waals surface area (Å²) in [5.74, 6) is 1.10. The number of halogens is 1. The van der Waals surface area contributed by atoms with Gasteiger partial charge in [-0.25, -0.2) is 4.79 Å². The van der Waals surface area contributed by atoms with Crippen molar-refractivity contribution in [2.24, 2.45) is 0 Å². The van der Waals surface area contributed by atoms with E-state index in [0.717, 1.165) is 16.8 Å². The van der Waals surface area contributed by atoms with Gasteiger partial charge in [-0.1, -0.05) is 35.0 Å². The van der Waals surface area contributed by atoms with Crippen molar-refractivity contribution < 1.29 is 9.32 Å². The van der Waals surface area contributed by atoms with Crippen molar-refractivity contribution in [2.75, 3.05) is 18.4 Å². The van der Waals surface area contributed by atoms with Crippen LogP contribution in [0.4, 0.5) is 10.5 Å². The number of nitrogens with one attached hydrogen (secondary N) is 1. The van der Waals surface area contributed by atoms with Crippen LogP contribution < -0.4 is 5.32 Å². The number of amides is 2. The molecular weight excluding hydrogens is 364 g/mol. The van der Waals surface area contributed by atoms with Gasteiger partial charge in [0.2, 0.25) is 11.7 Å². The zero-order chi connectivity index (χ0) is 19.0. The molecule has 0 saturated carbocycles. The van der Waals surface area contributed by atoms with Gasteiger partial charge in [0.1, 0.15) is 0 Å². The second-order valence-electron chi connectivity index (χ2n) is 6.80. The lowest BCUT2D eigenvalue weighted by atomic mass is 10.0. The van der Waals surface area contributed by atoms with E-state index in [1.165, 1.54) is 5.56 Å². The zero-order valence-corrected chi connectivity index (χ0v) is 15.8. The number of rotatable bonds is 3. The van der Waals surface area contributed by atoms with Crippen LogP contribution in [0.5, 0.6) is 0 Å². The summed E-state index contributed by atoms with van der Waals surface area (Å²) >= 11 is 6.00. The maximum Gasteiger partial charge on any atom is 0.321 e. The molecule has 1 aromatic heterocycles. The highest BCUT2D eigenvalue weighted by molar-refractivity contribution is 6.30. The molecule has 1 aliphatic heterocycles. The molecular formula is C20H19ClN4O2. The molecule has 1 aliphatic rings. The van der Waals surface area contributed by atoms with Gasteiger partial charge in [0, 0.05) is 29.4 Å². The number of nitrogens with zero attached hydrogens (tertiary/aromatic N) is 3. The summed E-state index contributed by atoms with van der Waals surface area (Å²) < 4.78 is 5.38. The molecule has 2 aromatic carbocycles. The molecule has 1 N–H and O–H groups in total. The van der Waals surface area contributed by atoms with Crippen molar-refractivity contribution in [3.8, 4) is 11.4 Å². The first-order valence-corrected chi connectivity index (χ1v) is 9.10. The molecule has 1 fully saturated rings. The van der Waals surface area contributed by atoms with E-state index in [1.54, 1.807) is 17.0 Å². The smallest absolute Gasteiger partial charge is 0.321 e. The molecule has 138 valence electrons. The molecule has 0 bridgehead atoms. The van der Waals surface area contributed by atoms with Gasteiger partial charge in [-0.05, 0) is 49.2 Å². The van der Waals surface area contributed by atoms with Gasteiger partial charge in [-0.15, -0.1) is 0 Å². The van der Waals surface area contributed by atoms with Crippen LogP contribution in [0.1, 0.15) is 22.9 Å². The predicted octanol–water partition coefficient (Wildman–Crippen LogP) is 4.64. The fraction of sp³-hybridized carbons (Fsp3) is 0.250. The summed E-state index contributed by atoms with van der Waals surface area (Å²) in [4.78, 5) is 18.5. The van der Waals surface area contributed by atoms with Crippen molar-refractivity contribution in [3.05, 3.63) is 64.5 Å². The normalized spacial score (nSPS) is 14.1. The number of anilines is 1. The maximum atomic E-state index is 12.4. The Labute approximate surface area is 162 Å². The molecule has 0 spiro atoms. The van der Waals surface area contributed by atoms with Gasteiger partial charge < -0.3 is 14.7 Å². The summed E-state index contributed by atoms with van der Waals surface area (Å²) in [5.41, 5.74) is 3.95. The first-order valence-electron chi connectivity index (χ1n) is 8.72. The van der Waals surface area contributed by atoms with Gasteiger partial charge in [-0.2, -0.15) is 4.98 Å². The molecule has 6 nitrogen and oxygen atoms in total. The lowest BCUT2D eigenvalue weighted by molar-refractivity contribution is 0.147. The largest absolute Gasteiger partial charge is 0.339 e. The third-order valence-electron chi connectivity index (χ3n) is 4.80. The number of hydrogen-bond acceptors (Lipinski definition) is 4. The second-order valence-corrected chi connectivity index (χ2v) is 7.23. The van der Waals surface area contributed by atoms with Crippen LogP contribution in [-0.4, -0.2) is 34.2 Å². The Hall–Kier alpha value is -2.86. The average Bonchev–Trinajstić information content (AvgIpc) is 3.06. The number of benzene rings is 2. The summed E-state index contributed by atoms with van der Waals surface area (Å²) in [6, 6.07) is 13.1. The third-order valence-corrected chi connectivity index (χ3v) is 5.04. The fourth-order valence-corrected chi connectivity index (χ4v) is 3.16. The SMILES string of the molecule is Cc1ccc(NC(=O)N2CC(c3nc(-c4cccc(Cl)c4)no3)C2)cc1C. The van der Waals surface area contributed by atoms with E-state index in [2.05, 4.69) is 15.5 Å². The summed E-state index contributed by atoms with van der Waals surface area (Å²) in [6.45, 7) is 5.17. The molecule has 0 atom stereocenters. The second kappa shape index (κ2) is 7.04. The average molecular weight is 383 g/mol. The molecule has 27 heavy (non-hydrogen) atoms. The van der Waals surface area contributed by atoms with Gasteiger partial charge >= 0.3 is 6.03 Å². The Balaban J connectivity index is 1.36. The lowest BCUT2D eigenvalue weighted by Crippen LogP contribution is -2.50. The third kappa shape index (κ3) is 3.66. The maximum absolute atomic E-state index is 12.4. The van der Waals surface area contributed by atoms with Crippen LogP contribution in [0.2, 0.25) is 5.02 Å². The standard InChI is InChI=1S/C20H19ClN4O2/c1-12-6-7-17(8-13(12)2)22-20(26)25-10-15(11-25)19-23-18(24-27-19)14-4-3-5-16(21)9-14/h3-9,15H,10-11H2,1-2H3,(H,22,26). The zero-order valence-electron chi connectivity index (χ0n) is 15.1. The van der Waals surface area contributed by atoms with E-state index in [-0.39, 0.29) is 11.9 Å². The van der Waals surface area contributed by atoms with Crippen LogP contribution in [0, 0.1) is 13.8 Å². The highest BCUT2D eigenvalue weighted by atomic mass is 35.5. The van der Waals surface area contributed by atoms with E-state index in [4.69, 9.17) is 16.1 Å². The van der Waals surface area contributed by atoms with Crippen LogP contribution in [-0.2, 0) is 0 Å². The molecule has 2 amide bonds. The number of aryl methyl sites for hydroxylation is 2. The summed E-state index contributed by atoms with van der Waals surface area (Å²) in [6.07, 6.45) is 0. The Bertz CT molecular complexity index is 995. The first-order chi connectivity index (χ1) is 13.0. The van der Waals surface area contributed by atoms with Gasteiger partial charge in [-0.3, -0.25) is 0 Å². The quantitative estimate of drug-likeness (QED) is 0.716. The van der Waals surface area contributed by atoms with Crippen molar-refractivity contribution in [1.82, 2.24) is 15.0 Å². The number of aromatic nitrogens is 2. The molecule has 0 radical (unpaired) electrons. The Morgan fingerprint density at radius 3 is 2.74 bits per heavy atom. The minimum absolute atomic E-state index is 0.0518. The summed E-state index contributed by atoms with van der Waals surface area (Å²) in [5, 5.41) is 7.57. The Morgan fingerprint density at radius 1 is 1.19 bits per heavy atom. The van der Waals surface area contributed by atoms with Gasteiger partial charge in [0.05, 0.1) is 5.92 Å². The lowest BCUT2D eigenvalue weighted by Gasteiger charge is -2.36. The molecule has 0 unspecified atom stereocenters. The topological polar surface area (TPSA) is 71.3 Å². The first kappa shape index (κ1) is 17.5. The molecule has 3 aromatic rings. The number of hydrogen-bond donors (Lipinski definition) is 1. The van der Waals surface area contributed by atoms with Gasteiger partial charge in [0.25, 0.3) is 0 Å². The van der Waals surface area contributed by atoms with E-state index < -0.39 is 0 Å². The molecule has 0 aliphatic carbocycles. The van der Waals surface area contributed by atoms with Crippen molar-refractivity contribution in [2.45, 2.75) is 19.8 Å². The molecule has 2 heterocycles.